The number of benzene rings is 3. The predicted octanol–water partition coefficient (Wildman–Crippen LogP) is 4.79. The minimum atomic E-state index is -2.96. The number of para-hydroxylation sites is 1. The van der Waals surface area contributed by atoms with Crippen molar-refractivity contribution in [3.8, 4) is 5.75 Å². The molecule has 0 radical (unpaired) electrons. The van der Waals surface area contributed by atoms with Gasteiger partial charge >= 0.3 is 6.61 Å². The zero-order valence-corrected chi connectivity index (χ0v) is 14.6. The van der Waals surface area contributed by atoms with E-state index in [1.807, 2.05) is 0 Å². The van der Waals surface area contributed by atoms with E-state index >= 15 is 0 Å². The van der Waals surface area contributed by atoms with Crippen molar-refractivity contribution in [2.75, 3.05) is 10.6 Å². The first-order valence-corrected chi connectivity index (χ1v) is 8.34. The summed E-state index contributed by atoms with van der Waals surface area (Å²) < 4.78 is 29.0. The van der Waals surface area contributed by atoms with E-state index in [-0.39, 0.29) is 22.9 Å². The average molecular weight is 382 g/mol. The van der Waals surface area contributed by atoms with Crippen molar-refractivity contribution in [2.45, 2.75) is 6.61 Å². The molecule has 3 aromatic carbocycles. The smallest absolute Gasteiger partial charge is 0.387 e. The lowest BCUT2D eigenvalue weighted by Crippen LogP contribution is -2.18. The Kier molecular flexibility index (Phi) is 5.96. The van der Waals surface area contributed by atoms with Crippen molar-refractivity contribution in [3.63, 3.8) is 0 Å². The molecule has 0 atom stereocenters. The number of ether oxygens (including phenoxy) is 1. The molecule has 7 heteroatoms. The molecule has 0 fully saturated rings. The summed E-state index contributed by atoms with van der Waals surface area (Å²) in [4.78, 5) is 25.0. The Morgan fingerprint density at radius 1 is 0.786 bits per heavy atom. The number of alkyl halides is 2. The normalized spacial score (nSPS) is 10.4. The van der Waals surface area contributed by atoms with Crippen LogP contribution in [0, 0.1) is 0 Å². The van der Waals surface area contributed by atoms with Gasteiger partial charge in [-0.1, -0.05) is 36.4 Å². The average Bonchev–Trinajstić information content (AvgIpc) is 2.69. The number of carbonyl (C=O) groups excluding carboxylic acids is 2. The third-order valence-electron chi connectivity index (χ3n) is 3.77. The van der Waals surface area contributed by atoms with E-state index in [2.05, 4.69) is 15.4 Å². The second kappa shape index (κ2) is 8.77. The summed E-state index contributed by atoms with van der Waals surface area (Å²) >= 11 is 0. The van der Waals surface area contributed by atoms with Gasteiger partial charge in [-0.3, -0.25) is 9.59 Å². The molecular formula is C21H16F2N2O3. The van der Waals surface area contributed by atoms with Crippen LogP contribution in [0.2, 0.25) is 0 Å². The highest BCUT2D eigenvalue weighted by atomic mass is 19.3. The van der Waals surface area contributed by atoms with E-state index in [0.717, 1.165) is 0 Å². The highest BCUT2D eigenvalue weighted by molar-refractivity contribution is 6.12. The first kappa shape index (κ1) is 19.0. The SMILES string of the molecule is O=C(Nc1ccccc1C(=O)Nc1cccc(OC(F)F)c1)c1ccccc1. The molecule has 2 amide bonds. The van der Waals surface area contributed by atoms with Crippen LogP contribution >= 0.6 is 0 Å². The fraction of sp³-hybridized carbons (Fsp3) is 0.0476. The Hall–Kier alpha value is -3.74. The number of halogens is 2. The van der Waals surface area contributed by atoms with Gasteiger partial charge in [-0.05, 0) is 36.4 Å². The van der Waals surface area contributed by atoms with Gasteiger partial charge in [-0.15, -0.1) is 0 Å². The van der Waals surface area contributed by atoms with Crippen molar-refractivity contribution in [1.29, 1.82) is 0 Å². The Balaban J connectivity index is 1.77. The van der Waals surface area contributed by atoms with E-state index in [4.69, 9.17) is 0 Å². The molecule has 0 aliphatic heterocycles. The molecule has 0 spiro atoms. The maximum absolute atomic E-state index is 12.6. The summed E-state index contributed by atoms with van der Waals surface area (Å²) in [6.45, 7) is -2.96. The summed E-state index contributed by atoms with van der Waals surface area (Å²) in [5, 5.41) is 5.32. The third-order valence-corrected chi connectivity index (χ3v) is 3.77. The van der Waals surface area contributed by atoms with Gasteiger partial charge < -0.3 is 15.4 Å². The monoisotopic (exact) mass is 382 g/mol. The number of carbonyl (C=O) groups is 2. The molecule has 0 aromatic heterocycles. The molecular weight excluding hydrogens is 366 g/mol. The Bertz CT molecular complexity index is 978. The van der Waals surface area contributed by atoms with Gasteiger partial charge in [0.25, 0.3) is 11.8 Å². The van der Waals surface area contributed by atoms with E-state index in [1.165, 1.54) is 18.2 Å². The zero-order chi connectivity index (χ0) is 19.9. The Morgan fingerprint density at radius 3 is 2.25 bits per heavy atom. The van der Waals surface area contributed by atoms with Crippen molar-refractivity contribution >= 4 is 23.2 Å². The van der Waals surface area contributed by atoms with E-state index < -0.39 is 12.5 Å². The van der Waals surface area contributed by atoms with E-state index in [0.29, 0.717) is 11.3 Å². The van der Waals surface area contributed by atoms with E-state index in [1.54, 1.807) is 60.7 Å². The highest BCUT2D eigenvalue weighted by Crippen LogP contribution is 2.22. The molecule has 28 heavy (non-hydrogen) atoms. The van der Waals surface area contributed by atoms with Gasteiger partial charge in [0.05, 0.1) is 11.3 Å². The number of nitrogens with one attached hydrogen (secondary N) is 2. The largest absolute Gasteiger partial charge is 0.435 e. The van der Waals surface area contributed by atoms with E-state index in [9.17, 15) is 18.4 Å². The summed E-state index contributed by atoms with van der Waals surface area (Å²) in [5.41, 5.74) is 1.29. The molecule has 0 bridgehead atoms. The number of rotatable bonds is 6. The molecule has 3 aromatic rings. The van der Waals surface area contributed by atoms with Crippen molar-refractivity contribution < 1.29 is 23.1 Å². The fourth-order valence-corrected chi connectivity index (χ4v) is 2.52. The minimum Gasteiger partial charge on any atom is -0.435 e. The minimum absolute atomic E-state index is 0.0709. The molecule has 0 aliphatic carbocycles. The molecule has 2 N–H and O–H groups in total. The zero-order valence-electron chi connectivity index (χ0n) is 14.6. The molecule has 0 aliphatic rings. The quantitative estimate of drug-likeness (QED) is 0.644. The maximum Gasteiger partial charge on any atom is 0.387 e. The number of anilines is 2. The molecule has 5 nitrogen and oxygen atoms in total. The van der Waals surface area contributed by atoms with Crippen molar-refractivity contribution in [3.05, 3.63) is 90.0 Å². The molecule has 3 rings (SSSR count). The van der Waals surface area contributed by atoms with Gasteiger partial charge in [0.2, 0.25) is 0 Å². The first-order valence-electron chi connectivity index (χ1n) is 8.34. The summed E-state index contributed by atoms with van der Waals surface area (Å²) in [6.07, 6.45) is 0. The third kappa shape index (κ3) is 4.91. The van der Waals surface area contributed by atoms with Crippen LogP contribution in [0.4, 0.5) is 20.2 Å². The number of hydrogen-bond acceptors (Lipinski definition) is 3. The van der Waals surface area contributed by atoms with Gasteiger partial charge in [0, 0.05) is 17.3 Å². The van der Waals surface area contributed by atoms with Crippen LogP contribution in [0.3, 0.4) is 0 Å². The van der Waals surface area contributed by atoms with Crippen LogP contribution in [0.1, 0.15) is 20.7 Å². The summed E-state index contributed by atoms with van der Waals surface area (Å²) in [7, 11) is 0. The lowest BCUT2D eigenvalue weighted by atomic mass is 10.1. The van der Waals surface area contributed by atoms with Gasteiger partial charge in [-0.2, -0.15) is 8.78 Å². The number of hydrogen-bond donors (Lipinski definition) is 2. The molecule has 0 saturated heterocycles. The lowest BCUT2D eigenvalue weighted by molar-refractivity contribution is -0.0498. The number of amides is 2. The second-order valence-electron chi connectivity index (χ2n) is 5.73. The lowest BCUT2D eigenvalue weighted by Gasteiger charge is -2.12. The molecule has 0 unspecified atom stereocenters. The van der Waals surface area contributed by atoms with Crippen LogP contribution in [-0.2, 0) is 0 Å². The fourth-order valence-electron chi connectivity index (χ4n) is 2.52. The van der Waals surface area contributed by atoms with Gasteiger partial charge in [0.15, 0.2) is 0 Å². The Morgan fingerprint density at radius 2 is 1.50 bits per heavy atom. The molecule has 0 saturated carbocycles. The van der Waals surface area contributed by atoms with Crippen molar-refractivity contribution in [2.24, 2.45) is 0 Å². The van der Waals surface area contributed by atoms with Crippen LogP contribution in [0.5, 0.6) is 5.75 Å². The standard InChI is InChI=1S/C21H16F2N2O3/c22-21(23)28-16-10-6-9-15(13-16)24-20(27)17-11-4-5-12-18(17)25-19(26)14-7-2-1-3-8-14/h1-13,21H,(H,24,27)(H,25,26). The van der Waals surface area contributed by atoms with Crippen LogP contribution < -0.4 is 15.4 Å². The summed E-state index contributed by atoms with van der Waals surface area (Å²) in [6, 6.07) is 20.8. The summed E-state index contributed by atoms with van der Waals surface area (Å²) in [5.74, 6) is -0.926. The predicted molar refractivity (Wildman–Crippen MR) is 102 cm³/mol. The first-order chi connectivity index (χ1) is 13.5. The highest BCUT2D eigenvalue weighted by Gasteiger charge is 2.15. The van der Waals surface area contributed by atoms with Gasteiger partial charge in [-0.25, -0.2) is 0 Å². The molecule has 142 valence electrons. The van der Waals surface area contributed by atoms with Crippen LogP contribution in [0.15, 0.2) is 78.9 Å². The van der Waals surface area contributed by atoms with Crippen molar-refractivity contribution in [1.82, 2.24) is 0 Å². The van der Waals surface area contributed by atoms with Crippen LogP contribution in [-0.4, -0.2) is 18.4 Å². The van der Waals surface area contributed by atoms with Gasteiger partial charge in [0.1, 0.15) is 5.75 Å². The molecule has 0 heterocycles. The topological polar surface area (TPSA) is 67.4 Å². The Labute approximate surface area is 160 Å². The maximum atomic E-state index is 12.6. The van der Waals surface area contributed by atoms with Crippen LogP contribution in [0.25, 0.3) is 0 Å². The second-order valence-corrected chi connectivity index (χ2v) is 5.73.